The molecule has 0 spiro atoms. The summed E-state index contributed by atoms with van der Waals surface area (Å²) < 4.78 is 27.9. The molecule has 0 radical (unpaired) electrons. The Balaban J connectivity index is 1.96. The molecule has 1 fully saturated rings. The zero-order valence-corrected chi connectivity index (χ0v) is 9.74. The summed E-state index contributed by atoms with van der Waals surface area (Å²) in [6.07, 6.45) is 2.29. The SMILES string of the molecule is O=C(O)c1coc(NCC2CCCS2(=O)=O)n1. The zero-order valence-electron chi connectivity index (χ0n) is 8.92. The molecular formula is C9H12N2O5S. The molecule has 1 aromatic rings. The van der Waals surface area contributed by atoms with Crippen LogP contribution < -0.4 is 5.32 Å². The molecule has 1 saturated heterocycles. The van der Waals surface area contributed by atoms with E-state index in [1.54, 1.807) is 0 Å². The maximum Gasteiger partial charge on any atom is 0.357 e. The van der Waals surface area contributed by atoms with E-state index in [1.165, 1.54) is 0 Å². The number of carboxylic acid groups (broad SMARTS) is 1. The van der Waals surface area contributed by atoms with Crippen molar-refractivity contribution >= 4 is 21.8 Å². The number of carboxylic acids is 1. The van der Waals surface area contributed by atoms with Gasteiger partial charge in [-0.2, -0.15) is 4.98 Å². The summed E-state index contributed by atoms with van der Waals surface area (Å²) in [5.74, 6) is -0.971. The van der Waals surface area contributed by atoms with Crippen molar-refractivity contribution in [1.29, 1.82) is 0 Å². The van der Waals surface area contributed by atoms with Crippen molar-refractivity contribution in [3.63, 3.8) is 0 Å². The second-order valence-electron chi connectivity index (χ2n) is 3.86. The fourth-order valence-electron chi connectivity index (χ4n) is 1.74. The Morgan fingerprint density at radius 1 is 1.65 bits per heavy atom. The van der Waals surface area contributed by atoms with E-state index in [0.29, 0.717) is 12.8 Å². The molecule has 17 heavy (non-hydrogen) atoms. The van der Waals surface area contributed by atoms with Gasteiger partial charge in [0.2, 0.25) is 0 Å². The van der Waals surface area contributed by atoms with Crippen molar-refractivity contribution in [3.05, 3.63) is 12.0 Å². The van der Waals surface area contributed by atoms with Gasteiger partial charge in [0.25, 0.3) is 6.01 Å². The van der Waals surface area contributed by atoms with E-state index in [9.17, 15) is 13.2 Å². The maximum absolute atomic E-state index is 11.5. The summed E-state index contributed by atoms with van der Waals surface area (Å²) >= 11 is 0. The maximum atomic E-state index is 11.5. The molecule has 1 aliphatic rings. The molecule has 0 saturated carbocycles. The third-order valence-electron chi connectivity index (χ3n) is 2.67. The van der Waals surface area contributed by atoms with E-state index in [1.807, 2.05) is 0 Å². The molecule has 1 unspecified atom stereocenters. The molecule has 0 bridgehead atoms. The van der Waals surface area contributed by atoms with Gasteiger partial charge in [0, 0.05) is 6.54 Å². The number of oxazole rings is 1. The summed E-state index contributed by atoms with van der Waals surface area (Å²) in [4.78, 5) is 14.2. The first kappa shape index (κ1) is 11.9. The molecule has 0 amide bonds. The summed E-state index contributed by atoms with van der Waals surface area (Å²) in [6, 6.07) is 0.0319. The van der Waals surface area contributed by atoms with E-state index in [2.05, 4.69) is 10.3 Å². The normalized spacial score (nSPS) is 22.5. The predicted molar refractivity (Wildman–Crippen MR) is 58.8 cm³/mol. The monoisotopic (exact) mass is 260 g/mol. The van der Waals surface area contributed by atoms with Crippen LogP contribution in [-0.4, -0.2) is 42.0 Å². The molecule has 2 rings (SSSR count). The van der Waals surface area contributed by atoms with Crippen molar-refractivity contribution in [2.45, 2.75) is 18.1 Å². The van der Waals surface area contributed by atoms with Gasteiger partial charge >= 0.3 is 5.97 Å². The lowest BCUT2D eigenvalue weighted by molar-refractivity contribution is 0.0690. The number of nitrogens with one attached hydrogen (secondary N) is 1. The molecule has 2 heterocycles. The number of sulfone groups is 1. The number of anilines is 1. The highest BCUT2D eigenvalue weighted by molar-refractivity contribution is 7.92. The van der Waals surface area contributed by atoms with Gasteiger partial charge in [-0.3, -0.25) is 0 Å². The minimum Gasteiger partial charge on any atom is -0.476 e. The summed E-state index contributed by atoms with van der Waals surface area (Å²) in [7, 11) is -3.02. The van der Waals surface area contributed by atoms with Crippen molar-refractivity contribution < 1.29 is 22.7 Å². The van der Waals surface area contributed by atoms with E-state index in [4.69, 9.17) is 9.52 Å². The Labute approximate surface area is 97.8 Å². The third-order valence-corrected chi connectivity index (χ3v) is 4.94. The minimum absolute atomic E-state index is 0.0319. The zero-order chi connectivity index (χ0) is 12.5. The number of aromatic nitrogens is 1. The highest BCUT2D eigenvalue weighted by atomic mass is 32.2. The quantitative estimate of drug-likeness (QED) is 0.804. The van der Waals surface area contributed by atoms with Gasteiger partial charge < -0.3 is 14.8 Å². The predicted octanol–water partition coefficient (Wildman–Crippen LogP) is 0.362. The lowest BCUT2D eigenvalue weighted by Gasteiger charge is -2.08. The van der Waals surface area contributed by atoms with Gasteiger partial charge in [0.05, 0.1) is 11.0 Å². The summed E-state index contributed by atoms with van der Waals surface area (Å²) in [5.41, 5.74) is -0.207. The molecule has 94 valence electrons. The van der Waals surface area contributed by atoms with Crippen LogP contribution in [0.4, 0.5) is 6.01 Å². The Kier molecular flexibility index (Phi) is 3.05. The highest BCUT2D eigenvalue weighted by Gasteiger charge is 2.31. The topological polar surface area (TPSA) is 109 Å². The fraction of sp³-hybridized carbons (Fsp3) is 0.556. The lowest BCUT2D eigenvalue weighted by atomic mass is 10.2. The van der Waals surface area contributed by atoms with Crippen LogP contribution in [0.5, 0.6) is 0 Å². The van der Waals surface area contributed by atoms with Gasteiger partial charge in [-0.25, -0.2) is 13.2 Å². The molecule has 1 atom stereocenters. The van der Waals surface area contributed by atoms with Crippen LogP contribution in [-0.2, 0) is 9.84 Å². The largest absolute Gasteiger partial charge is 0.476 e. The average molecular weight is 260 g/mol. The number of aromatic carboxylic acids is 1. The lowest BCUT2D eigenvalue weighted by Crippen LogP contribution is -2.25. The van der Waals surface area contributed by atoms with Crippen molar-refractivity contribution in [2.24, 2.45) is 0 Å². The molecule has 1 aliphatic heterocycles. The highest BCUT2D eigenvalue weighted by Crippen LogP contribution is 2.20. The summed E-state index contributed by atoms with van der Waals surface area (Å²) in [5, 5.41) is 10.9. The smallest absolute Gasteiger partial charge is 0.357 e. The Bertz CT molecular complexity index is 521. The van der Waals surface area contributed by atoms with Crippen LogP contribution in [0, 0.1) is 0 Å². The first-order valence-electron chi connectivity index (χ1n) is 5.13. The Morgan fingerprint density at radius 2 is 2.41 bits per heavy atom. The standard InChI is InChI=1S/C9H12N2O5S/c12-8(13)7-5-16-9(11-7)10-4-6-2-1-3-17(6,14)15/h5-6H,1-4H2,(H,10,11)(H,12,13). The molecular weight excluding hydrogens is 248 g/mol. The van der Waals surface area contributed by atoms with E-state index in [-0.39, 0.29) is 24.0 Å². The van der Waals surface area contributed by atoms with Gasteiger partial charge in [-0.05, 0) is 12.8 Å². The second kappa shape index (κ2) is 4.36. The first-order valence-corrected chi connectivity index (χ1v) is 6.85. The van der Waals surface area contributed by atoms with Crippen LogP contribution in [0.1, 0.15) is 23.3 Å². The van der Waals surface area contributed by atoms with E-state index in [0.717, 1.165) is 6.26 Å². The van der Waals surface area contributed by atoms with Gasteiger partial charge in [-0.1, -0.05) is 0 Å². The van der Waals surface area contributed by atoms with Crippen LogP contribution in [0.25, 0.3) is 0 Å². The van der Waals surface area contributed by atoms with Crippen molar-refractivity contribution in [3.8, 4) is 0 Å². The first-order chi connectivity index (χ1) is 7.99. The number of hydrogen-bond donors (Lipinski definition) is 2. The van der Waals surface area contributed by atoms with Crippen molar-refractivity contribution in [2.75, 3.05) is 17.6 Å². The Morgan fingerprint density at radius 3 is 2.94 bits per heavy atom. The Hall–Kier alpha value is -1.57. The number of carbonyl (C=O) groups is 1. The second-order valence-corrected chi connectivity index (χ2v) is 6.26. The molecule has 2 N–H and O–H groups in total. The molecule has 7 nitrogen and oxygen atoms in total. The van der Waals surface area contributed by atoms with E-state index < -0.39 is 21.1 Å². The van der Waals surface area contributed by atoms with Crippen LogP contribution >= 0.6 is 0 Å². The number of rotatable bonds is 4. The summed E-state index contributed by atoms with van der Waals surface area (Å²) in [6.45, 7) is 0.196. The van der Waals surface area contributed by atoms with Crippen LogP contribution in [0.2, 0.25) is 0 Å². The van der Waals surface area contributed by atoms with E-state index >= 15 is 0 Å². The fourth-order valence-corrected chi connectivity index (χ4v) is 3.51. The van der Waals surface area contributed by atoms with Crippen LogP contribution in [0.3, 0.4) is 0 Å². The van der Waals surface area contributed by atoms with Gasteiger partial charge in [-0.15, -0.1) is 0 Å². The third kappa shape index (κ3) is 2.57. The molecule has 8 heteroatoms. The van der Waals surface area contributed by atoms with Crippen LogP contribution in [0.15, 0.2) is 10.7 Å². The average Bonchev–Trinajstić information content (AvgIpc) is 2.81. The molecule has 1 aromatic heterocycles. The molecule has 0 aliphatic carbocycles. The molecule has 0 aromatic carbocycles. The number of hydrogen-bond acceptors (Lipinski definition) is 6. The van der Waals surface area contributed by atoms with Crippen molar-refractivity contribution in [1.82, 2.24) is 4.98 Å². The van der Waals surface area contributed by atoms with Gasteiger partial charge in [0.1, 0.15) is 6.26 Å². The minimum atomic E-state index is -3.02. The number of nitrogens with zero attached hydrogens (tertiary/aromatic N) is 1. The van der Waals surface area contributed by atoms with Gasteiger partial charge in [0.15, 0.2) is 15.5 Å².